The van der Waals surface area contributed by atoms with E-state index in [2.05, 4.69) is 11.6 Å². The van der Waals surface area contributed by atoms with Crippen LogP contribution in [-0.2, 0) is 4.79 Å². The number of aromatic amines is 2. The fourth-order valence-electron chi connectivity index (χ4n) is 1.13. The molecule has 0 atom stereocenters. The van der Waals surface area contributed by atoms with E-state index < -0.39 is 11.2 Å². The molecule has 6 nitrogen and oxygen atoms in total. The zero-order valence-corrected chi connectivity index (χ0v) is 8.24. The third-order valence-corrected chi connectivity index (χ3v) is 1.78. The lowest BCUT2D eigenvalue weighted by atomic mass is 10.4. The average Bonchev–Trinajstić information content (AvgIpc) is 2.15. The molecule has 1 heterocycles. The van der Waals surface area contributed by atoms with Crippen LogP contribution in [0.3, 0.4) is 0 Å². The molecule has 0 saturated carbocycles. The first-order chi connectivity index (χ1) is 7.06. The minimum atomic E-state index is -0.606. The molecule has 0 aromatic carbocycles. The summed E-state index contributed by atoms with van der Waals surface area (Å²) in [5.74, 6) is -0.299. The summed E-state index contributed by atoms with van der Waals surface area (Å²) in [4.78, 5) is 38.9. The highest BCUT2D eigenvalue weighted by Gasteiger charge is 2.13. The molecule has 0 spiro atoms. The highest BCUT2D eigenvalue weighted by molar-refractivity contribution is 5.91. The largest absolute Gasteiger partial charge is 0.325 e. The van der Waals surface area contributed by atoms with Gasteiger partial charge in [-0.25, -0.2) is 4.79 Å². The van der Waals surface area contributed by atoms with Gasteiger partial charge in [-0.05, 0) is 0 Å². The molecule has 1 aromatic rings. The van der Waals surface area contributed by atoms with Gasteiger partial charge in [0.15, 0.2) is 0 Å². The predicted octanol–water partition coefficient (Wildman–Crippen LogP) is -0.398. The molecule has 1 aromatic heterocycles. The maximum atomic E-state index is 11.4. The van der Waals surface area contributed by atoms with Gasteiger partial charge in [-0.1, -0.05) is 6.08 Å². The van der Waals surface area contributed by atoms with Gasteiger partial charge in [0, 0.05) is 19.7 Å². The lowest BCUT2D eigenvalue weighted by Crippen LogP contribution is -2.35. The van der Waals surface area contributed by atoms with Gasteiger partial charge in [0.05, 0.1) is 0 Å². The summed E-state index contributed by atoms with van der Waals surface area (Å²) in [6.45, 7) is 5.02. The predicted molar refractivity (Wildman–Crippen MR) is 55.9 cm³/mol. The Morgan fingerprint density at radius 3 is 2.73 bits per heavy atom. The number of hydrogen-bond acceptors (Lipinski definition) is 3. The van der Waals surface area contributed by atoms with Crippen molar-refractivity contribution < 1.29 is 4.79 Å². The van der Waals surface area contributed by atoms with Crippen LogP contribution in [0, 0.1) is 0 Å². The van der Waals surface area contributed by atoms with E-state index in [1.165, 1.54) is 24.1 Å². The third-order valence-electron chi connectivity index (χ3n) is 1.78. The Morgan fingerprint density at radius 1 is 1.60 bits per heavy atom. The number of rotatable bonds is 3. The molecule has 0 aliphatic heterocycles. The number of aromatic nitrogens is 2. The van der Waals surface area contributed by atoms with Gasteiger partial charge in [-0.2, -0.15) is 0 Å². The van der Waals surface area contributed by atoms with E-state index in [1.54, 1.807) is 0 Å². The monoisotopic (exact) mass is 209 g/mol. The topological polar surface area (TPSA) is 86.0 Å². The van der Waals surface area contributed by atoms with Crippen molar-refractivity contribution in [1.82, 2.24) is 9.97 Å². The molecule has 1 rings (SSSR count). The van der Waals surface area contributed by atoms with Crippen LogP contribution in [0.5, 0.6) is 0 Å². The fraction of sp³-hybridized carbons (Fsp3) is 0.222. The molecule has 0 aliphatic rings. The molecule has 2 N–H and O–H groups in total. The van der Waals surface area contributed by atoms with Gasteiger partial charge in [0.2, 0.25) is 5.91 Å². The molecule has 0 unspecified atom stereocenters. The van der Waals surface area contributed by atoms with E-state index in [-0.39, 0.29) is 18.1 Å². The molecule has 80 valence electrons. The van der Waals surface area contributed by atoms with E-state index in [1.807, 2.05) is 4.98 Å². The molecule has 0 saturated heterocycles. The van der Waals surface area contributed by atoms with Gasteiger partial charge in [0.1, 0.15) is 5.69 Å². The van der Waals surface area contributed by atoms with Crippen LogP contribution in [0.2, 0.25) is 0 Å². The zero-order chi connectivity index (χ0) is 11.4. The van der Waals surface area contributed by atoms with E-state index in [0.717, 1.165) is 0 Å². The SMILES string of the molecule is C=CCN(C(C)=O)c1c[nH]c(=O)[nH]c1=O. The van der Waals surface area contributed by atoms with E-state index >= 15 is 0 Å². The molecule has 6 heteroatoms. The normalized spacial score (nSPS) is 9.67. The number of carbonyl (C=O) groups is 1. The van der Waals surface area contributed by atoms with Crippen LogP contribution in [0.4, 0.5) is 5.69 Å². The van der Waals surface area contributed by atoms with E-state index in [0.29, 0.717) is 0 Å². The van der Waals surface area contributed by atoms with Crippen molar-refractivity contribution in [2.45, 2.75) is 6.92 Å². The van der Waals surface area contributed by atoms with Gasteiger partial charge in [-0.3, -0.25) is 14.6 Å². The van der Waals surface area contributed by atoms with Crippen LogP contribution in [0.15, 0.2) is 28.4 Å². The Balaban J connectivity index is 3.22. The number of nitrogens with one attached hydrogen (secondary N) is 2. The quantitative estimate of drug-likeness (QED) is 0.664. The average molecular weight is 209 g/mol. The van der Waals surface area contributed by atoms with Crippen molar-refractivity contribution in [2.75, 3.05) is 11.4 Å². The van der Waals surface area contributed by atoms with Crippen LogP contribution >= 0.6 is 0 Å². The second kappa shape index (κ2) is 4.41. The van der Waals surface area contributed by atoms with E-state index in [4.69, 9.17) is 0 Å². The number of H-pyrrole nitrogens is 2. The van der Waals surface area contributed by atoms with Crippen molar-refractivity contribution in [3.63, 3.8) is 0 Å². The minimum absolute atomic E-state index is 0.0991. The van der Waals surface area contributed by atoms with Crippen molar-refractivity contribution >= 4 is 11.6 Å². The number of nitrogens with zero attached hydrogens (tertiary/aromatic N) is 1. The van der Waals surface area contributed by atoms with Gasteiger partial charge >= 0.3 is 5.69 Å². The Labute approximate surface area is 85.3 Å². The Morgan fingerprint density at radius 2 is 2.27 bits per heavy atom. The smallest absolute Gasteiger partial charge is 0.312 e. The molecule has 0 fully saturated rings. The molecule has 0 radical (unpaired) electrons. The Hall–Kier alpha value is -2.11. The second-order valence-electron chi connectivity index (χ2n) is 2.88. The molecular weight excluding hydrogens is 198 g/mol. The van der Waals surface area contributed by atoms with Crippen molar-refractivity contribution in [2.24, 2.45) is 0 Å². The number of hydrogen-bond donors (Lipinski definition) is 2. The molecule has 0 bridgehead atoms. The summed E-state index contributed by atoms with van der Waals surface area (Å²) in [7, 11) is 0. The summed E-state index contributed by atoms with van der Waals surface area (Å²) >= 11 is 0. The lowest BCUT2D eigenvalue weighted by molar-refractivity contribution is -0.116. The third kappa shape index (κ3) is 2.43. The molecule has 15 heavy (non-hydrogen) atoms. The van der Waals surface area contributed by atoms with Gasteiger partial charge in [0.25, 0.3) is 5.56 Å². The first-order valence-electron chi connectivity index (χ1n) is 4.27. The summed E-state index contributed by atoms with van der Waals surface area (Å²) in [5.41, 5.74) is -1.11. The zero-order valence-electron chi connectivity index (χ0n) is 8.24. The summed E-state index contributed by atoms with van der Waals surface area (Å²) in [5, 5.41) is 0. The summed E-state index contributed by atoms with van der Waals surface area (Å²) in [6.07, 6.45) is 2.69. The summed E-state index contributed by atoms with van der Waals surface area (Å²) in [6, 6.07) is 0. The van der Waals surface area contributed by atoms with E-state index in [9.17, 15) is 14.4 Å². The number of carbonyl (C=O) groups excluding carboxylic acids is 1. The molecular formula is C9H11N3O3. The van der Waals surface area contributed by atoms with Crippen molar-refractivity contribution in [3.05, 3.63) is 39.7 Å². The summed E-state index contributed by atoms with van der Waals surface area (Å²) < 4.78 is 0. The highest BCUT2D eigenvalue weighted by Crippen LogP contribution is 2.04. The van der Waals surface area contributed by atoms with Gasteiger partial charge < -0.3 is 9.88 Å². The Kier molecular flexibility index (Phi) is 3.22. The first kappa shape index (κ1) is 11.0. The molecule has 0 aliphatic carbocycles. The Bertz CT molecular complexity index is 486. The van der Waals surface area contributed by atoms with Crippen molar-refractivity contribution in [3.8, 4) is 0 Å². The van der Waals surface area contributed by atoms with Crippen LogP contribution < -0.4 is 16.1 Å². The first-order valence-corrected chi connectivity index (χ1v) is 4.27. The standard InChI is InChI=1S/C9H11N3O3/c1-3-4-12(6(2)13)7-5-10-9(15)11-8(7)14/h3,5H,1,4H2,2H3,(H2,10,11,14,15). The fourth-order valence-corrected chi connectivity index (χ4v) is 1.13. The second-order valence-corrected chi connectivity index (χ2v) is 2.88. The highest BCUT2D eigenvalue weighted by atomic mass is 16.2. The minimum Gasteiger partial charge on any atom is -0.312 e. The van der Waals surface area contributed by atoms with Crippen molar-refractivity contribution in [1.29, 1.82) is 0 Å². The number of amides is 1. The van der Waals surface area contributed by atoms with Crippen LogP contribution in [0.25, 0.3) is 0 Å². The molecule has 1 amide bonds. The lowest BCUT2D eigenvalue weighted by Gasteiger charge is -2.17. The van der Waals surface area contributed by atoms with Gasteiger partial charge in [-0.15, -0.1) is 6.58 Å². The van der Waals surface area contributed by atoms with Crippen LogP contribution in [-0.4, -0.2) is 22.4 Å². The maximum Gasteiger partial charge on any atom is 0.325 e. The van der Waals surface area contributed by atoms with Crippen LogP contribution in [0.1, 0.15) is 6.92 Å². The maximum absolute atomic E-state index is 11.4. The number of anilines is 1.